The summed E-state index contributed by atoms with van der Waals surface area (Å²) in [4.78, 5) is 0. The van der Waals surface area contributed by atoms with E-state index in [-0.39, 0.29) is 11.1 Å². The van der Waals surface area contributed by atoms with Crippen LogP contribution in [0, 0.1) is 17.6 Å². The molecule has 0 saturated carbocycles. The highest BCUT2D eigenvalue weighted by molar-refractivity contribution is 6.31. The van der Waals surface area contributed by atoms with Gasteiger partial charge in [0.2, 0.25) is 0 Å². The Morgan fingerprint density at radius 3 is 2.33 bits per heavy atom. The number of hydrogen-bond acceptors (Lipinski definition) is 1. The van der Waals surface area contributed by atoms with E-state index < -0.39 is 11.6 Å². The summed E-state index contributed by atoms with van der Waals surface area (Å²) in [6.45, 7) is 4.02. The first-order chi connectivity index (χ1) is 6.91. The molecule has 0 radical (unpaired) electrons. The number of halogens is 3. The Morgan fingerprint density at radius 1 is 1.27 bits per heavy atom. The Bertz CT molecular complexity index is 353. The van der Waals surface area contributed by atoms with Crippen molar-refractivity contribution in [3.05, 3.63) is 34.4 Å². The van der Waals surface area contributed by atoms with Crippen LogP contribution in [0.25, 0.3) is 0 Å². The van der Waals surface area contributed by atoms with Crippen molar-refractivity contribution in [3.8, 4) is 0 Å². The van der Waals surface area contributed by atoms with Crippen LogP contribution in [0.4, 0.5) is 8.78 Å². The minimum absolute atomic E-state index is 0.182. The summed E-state index contributed by atoms with van der Waals surface area (Å²) in [5.74, 6) is -1.47. The molecule has 0 saturated heterocycles. The first kappa shape index (κ1) is 12.4. The SMILES string of the molecule is CC(C)CC(N)c1cc(F)c(F)cc1Cl. The summed E-state index contributed by atoms with van der Waals surface area (Å²) in [5.41, 5.74) is 6.30. The quantitative estimate of drug-likeness (QED) is 0.793. The van der Waals surface area contributed by atoms with Crippen molar-refractivity contribution < 1.29 is 8.78 Å². The highest BCUT2D eigenvalue weighted by Gasteiger charge is 2.15. The molecule has 1 rings (SSSR count). The summed E-state index contributed by atoms with van der Waals surface area (Å²) in [5, 5.41) is 0.182. The standard InChI is InChI=1S/C11H14ClF2N/c1-6(2)3-11(15)7-4-9(13)10(14)5-8(7)12/h4-6,11H,3,15H2,1-2H3. The molecule has 0 bridgehead atoms. The molecule has 0 spiro atoms. The van der Waals surface area contributed by atoms with Gasteiger partial charge in [-0.25, -0.2) is 8.78 Å². The lowest BCUT2D eigenvalue weighted by atomic mass is 9.98. The van der Waals surface area contributed by atoms with Crippen molar-refractivity contribution in [2.24, 2.45) is 11.7 Å². The van der Waals surface area contributed by atoms with Crippen molar-refractivity contribution in [2.45, 2.75) is 26.3 Å². The number of rotatable bonds is 3. The Kier molecular flexibility index (Phi) is 4.05. The van der Waals surface area contributed by atoms with E-state index in [1.54, 1.807) is 0 Å². The van der Waals surface area contributed by atoms with Crippen LogP contribution in [0.15, 0.2) is 12.1 Å². The zero-order chi connectivity index (χ0) is 11.6. The summed E-state index contributed by atoms with van der Waals surface area (Å²) >= 11 is 5.79. The topological polar surface area (TPSA) is 26.0 Å². The second-order valence-corrected chi connectivity index (χ2v) is 4.43. The molecule has 0 heterocycles. The largest absolute Gasteiger partial charge is 0.324 e. The van der Waals surface area contributed by atoms with Crippen molar-refractivity contribution in [1.82, 2.24) is 0 Å². The van der Waals surface area contributed by atoms with Crippen molar-refractivity contribution in [3.63, 3.8) is 0 Å². The Balaban J connectivity index is 2.98. The normalized spacial score (nSPS) is 13.3. The van der Waals surface area contributed by atoms with E-state index in [9.17, 15) is 8.78 Å². The molecule has 1 unspecified atom stereocenters. The maximum atomic E-state index is 13.0. The average Bonchev–Trinajstić information content (AvgIpc) is 2.09. The highest BCUT2D eigenvalue weighted by atomic mass is 35.5. The molecule has 1 aromatic carbocycles. The molecular weight excluding hydrogens is 220 g/mol. The van der Waals surface area contributed by atoms with E-state index in [1.165, 1.54) is 0 Å². The van der Waals surface area contributed by atoms with E-state index in [0.717, 1.165) is 12.1 Å². The molecule has 0 fully saturated rings. The third-order valence-corrected chi connectivity index (χ3v) is 2.49. The summed E-state index contributed by atoms with van der Waals surface area (Å²) < 4.78 is 25.8. The van der Waals surface area contributed by atoms with Gasteiger partial charge < -0.3 is 5.73 Å². The van der Waals surface area contributed by atoms with E-state index >= 15 is 0 Å². The number of nitrogens with two attached hydrogens (primary N) is 1. The van der Waals surface area contributed by atoms with Gasteiger partial charge in [-0.2, -0.15) is 0 Å². The van der Waals surface area contributed by atoms with Crippen LogP contribution in [0.5, 0.6) is 0 Å². The summed E-state index contributed by atoms with van der Waals surface area (Å²) in [6, 6.07) is 1.68. The zero-order valence-electron chi connectivity index (χ0n) is 8.73. The minimum Gasteiger partial charge on any atom is -0.324 e. The molecule has 1 atom stereocenters. The van der Waals surface area contributed by atoms with Crippen molar-refractivity contribution in [1.29, 1.82) is 0 Å². The monoisotopic (exact) mass is 233 g/mol. The van der Waals surface area contributed by atoms with Crippen LogP contribution in [0.3, 0.4) is 0 Å². The lowest BCUT2D eigenvalue weighted by Crippen LogP contribution is -2.14. The van der Waals surface area contributed by atoms with Gasteiger partial charge in [0.25, 0.3) is 0 Å². The van der Waals surface area contributed by atoms with Crippen LogP contribution in [0.1, 0.15) is 31.9 Å². The highest BCUT2D eigenvalue weighted by Crippen LogP contribution is 2.27. The van der Waals surface area contributed by atoms with Gasteiger partial charge in [0.1, 0.15) is 0 Å². The molecule has 0 amide bonds. The maximum absolute atomic E-state index is 13.0. The molecule has 2 N–H and O–H groups in total. The fourth-order valence-corrected chi connectivity index (χ4v) is 1.75. The third kappa shape index (κ3) is 3.14. The van der Waals surface area contributed by atoms with Gasteiger partial charge in [-0.3, -0.25) is 0 Å². The predicted molar refractivity (Wildman–Crippen MR) is 57.8 cm³/mol. The molecule has 0 aromatic heterocycles. The molecule has 1 aromatic rings. The maximum Gasteiger partial charge on any atom is 0.160 e. The van der Waals surface area contributed by atoms with E-state index in [1.807, 2.05) is 13.8 Å². The third-order valence-electron chi connectivity index (χ3n) is 2.16. The summed E-state index contributed by atoms with van der Waals surface area (Å²) in [6.07, 6.45) is 0.685. The molecule has 1 nitrogen and oxygen atoms in total. The number of hydrogen-bond donors (Lipinski definition) is 1. The lowest BCUT2D eigenvalue weighted by molar-refractivity contribution is 0.490. The van der Waals surface area contributed by atoms with Gasteiger partial charge >= 0.3 is 0 Å². The first-order valence-corrected chi connectivity index (χ1v) is 5.19. The van der Waals surface area contributed by atoms with Gasteiger partial charge in [0.15, 0.2) is 11.6 Å². The molecule has 0 aliphatic carbocycles. The molecule has 15 heavy (non-hydrogen) atoms. The molecule has 0 aliphatic rings. The molecule has 0 aliphatic heterocycles. The average molecular weight is 234 g/mol. The Labute approximate surface area is 93.2 Å². The van der Waals surface area contributed by atoms with Gasteiger partial charge in [0.05, 0.1) is 0 Å². The number of benzene rings is 1. The van der Waals surface area contributed by atoms with Gasteiger partial charge in [-0.1, -0.05) is 25.4 Å². The van der Waals surface area contributed by atoms with Crippen LogP contribution in [0.2, 0.25) is 5.02 Å². The van der Waals surface area contributed by atoms with E-state index in [4.69, 9.17) is 17.3 Å². The second kappa shape index (κ2) is 4.90. The first-order valence-electron chi connectivity index (χ1n) is 4.81. The van der Waals surface area contributed by atoms with E-state index in [2.05, 4.69) is 0 Å². The lowest BCUT2D eigenvalue weighted by Gasteiger charge is -2.16. The predicted octanol–water partition coefficient (Wildman–Crippen LogP) is 3.66. The molecular formula is C11H14ClF2N. The van der Waals surface area contributed by atoms with Crippen LogP contribution < -0.4 is 5.73 Å². The fourth-order valence-electron chi connectivity index (χ4n) is 1.46. The minimum atomic E-state index is -0.944. The van der Waals surface area contributed by atoms with Crippen LogP contribution >= 0.6 is 11.6 Å². The van der Waals surface area contributed by atoms with Gasteiger partial charge in [0, 0.05) is 11.1 Å². The van der Waals surface area contributed by atoms with Crippen LogP contribution in [-0.2, 0) is 0 Å². The second-order valence-electron chi connectivity index (χ2n) is 4.02. The zero-order valence-corrected chi connectivity index (χ0v) is 9.48. The summed E-state index contributed by atoms with van der Waals surface area (Å²) in [7, 11) is 0. The Morgan fingerprint density at radius 2 is 1.80 bits per heavy atom. The fraction of sp³-hybridized carbons (Fsp3) is 0.455. The van der Waals surface area contributed by atoms with Crippen molar-refractivity contribution >= 4 is 11.6 Å². The van der Waals surface area contributed by atoms with Crippen LogP contribution in [-0.4, -0.2) is 0 Å². The van der Waals surface area contributed by atoms with Gasteiger partial charge in [-0.15, -0.1) is 0 Å². The molecule has 84 valence electrons. The van der Waals surface area contributed by atoms with Gasteiger partial charge in [-0.05, 0) is 30.0 Å². The van der Waals surface area contributed by atoms with Crippen molar-refractivity contribution in [2.75, 3.05) is 0 Å². The van der Waals surface area contributed by atoms with E-state index in [0.29, 0.717) is 17.9 Å². The Hall–Kier alpha value is -0.670. The smallest absolute Gasteiger partial charge is 0.160 e. The molecule has 4 heteroatoms.